The van der Waals surface area contributed by atoms with E-state index in [1.165, 1.54) is 89.2 Å². The summed E-state index contributed by atoms with van der Waals surface area (Å²) in [5.74, 6) is 0.910. The van der Waals surface area contributed by atoms with Crippen LogP contribution in [0.25, 0.3) is 0 Å². The molecule has 0 aliphatic heterocycles. The zero-order valence-electron chi connectivity index (χ0n) is 44.6. The van der Waals surface area contributed by atoms with Gasteiger partial charge < -0.3 is 20.4 Å². The second-order valence-electron chi connectivity index (χ2n) is 18.4. The van der Waals surface area contributed by atoms with Gasteiger partial charge in [-0.05, 0) is 115 Å². The summed E-state index contributed by atoms with van der Waals surface area (Å²) < 4.78 is 0. The first kappa shape index (κ1) is 67.5. The van der Waals surface area contributed by atoms with Crippen LogP contribution in [0.3, 0.4) is 0 Å². The quantitative estimate of drug-likeness (QED) is 0.0266. The molecule has 0 aliphatic rings. The Bertz CT molecular complexity index is 1290. The molecule has 4 unspecified atom stereocenters. The zero-order chi connectivity index (χ0) is 51.4. The van der Waals surface area contributed by atoms with Crippen LogP contribution in [0.4, 0.5) is 0 Å². The molecule has 0 saturated heterocycles. The van der Waals surface area contributed by atoms with Crippen LogP contribution < -0.4 is 0 Å². The second-order valence-corrected chi connectivity index (χ2v) is 20.6. The number of thioether (sulfide) groups is 2. The van der Waals surface area contributed by atoms with Gasteiger partial charge in [-0.2, -0.15) is 0 Å². The van der Waals surface area contributed by atoms with Crippen molar-refractivity contribution in [1.29, 1.82) is 0 Å². The van der Waals surface area contributed by atoms with Crippen molar-refractivity contribution in [2.45, 2.75) is 206 Å². The van der Waals surface area contributed by atoms with Gasteiger partial charge >= 0.3 is 0 Å². The Kier molecular flexibility index (Phi) is 50.9. The molecule has 4 N–H and O–H groups in total. The average Bonchev–Trinajstić information content (AvgIpc) is 3.33. The zero-order valence-corrected chi connectivity index (χ0v) is 46.3. The Labute approximate surface area is 437 Å². The molecule has 0 saturated carbocycles. The van der Waals surface area contributed by atoms with Gasteiger partial charge in [-0.3, -0.25) is 19.4 Å². The maximum absolute atomic E-state index is 12.9. The Hall–Kier alpha value is -2.54. The summed E-state index contributed by atoms with van der Waals surface area (Å²) in [6.07, 6.45) is 58.8. The molecule has 0 aromatic carbocycles. The molecule has 10 heteroatoms. The summed E-state index contributed by atoms with van der Waals surface area (Å²) in [6.45, 7) is 11.4. The van der Waals surface area contributed by atoms with Gasteiger partial charge in [0, 0.05) is 50.8 Å². The van der Waals surface area contributed by atoms with Crippen LogP contribution in [0.5, 0.6) is 0 Å². The van der Waals surface area contributed by atoms with Crippen molar-refractivity contribution in [3.8, 4) is 0 Å². The summed E-state index contributed by atoms with van der Waals surface area (Å²) in [5, 5.41) is 43.3. The highest BCUT2D eigenvalue weighted by molar-refractivity contribution is 8.14. The Morgan fingerprint density at radius 3 is 0.857 bits per heavy atom. The third kappa shape index (κ3) is 49.1. The normalized spacial score (nSPS) is 14.7. The highest BCUT2D eigenvalue weighted by Gasteiger charge is 2.17. The molecule has 400 valence electrons. The maximum atomic E-state index is 12.9. The lowest BCUT2D eigenvalue weighted by Crippen LogP contribution is -2.39. The minimum absolute atomic E-state index is 0.223. The summed E-state index contributed by atoms with van der Waals surface area (Å²) >= 11 is 2.24. The molecule has 4 atom stereocenters. The third-order valence-corrected chi connectivity index (χ3v) is 13.1. The van der Waals surface area contributed by atoms with Crippen LogP contribution in [-0.4, -0.2) is 116 Å². The van der Waals surface area contributed by atoms with Crippen LogP contribution >= 0.6 is 23.5 Å². The van der Waals surface area contributed by atoms with Gasteiger partial charge in [0.2, 0.25) is 10.2 Å². The number of aliphatic hydroxyl groups is 4. The number of hydrogen-bond acceptors (Lipinski definition) is 10. The SMILES string of the molecule is CCCCC/C=C\C/C=C\CC(O)CN(CCSC(=O)/C=C\C(=O)SCCN(CC(O)C/C=C\C/C=C\CCCCC)CC(O)C/C=C\C/C=C\CCCCC)CC(O)C/C=C\C/C=C\CCCCC. The van der Waals surface area contributed by atoms with Crippen molar-refractivity contribution in [2.75, 3.05) is 50.8 Å². The van der Waals surface area contributed by atoms with Gasteiger partial charge in [-0.15, -0.1) is 0 Å². The predicted octanol–water partition coefficient (Wildman–Crippen LogP) is 14.0. The van der Waals surface area contributed by atoms with E-state index in [0.29, 0.717) is 76.5 Å². The van der Waals surface area contributed by atoms with E-state index in [4.69, 9.17) is 0 Å². The number of rotatable bonds is 48. The van der Waals surface area contributed by atoms with E-state index in [1.807, 2.05) is 34.1 Å². The summed E-state index contributed by atoms with van der Waals surface area (Å²) in [4.78, 5) is 29.8. The minimum Gasteiger partial charge on any atom is -0.391 e. The first-order valence-corrected chi connectivity index (χ1v) is 29.5. The van der Waals surface area contributed by atoms with E-state index in [9.17, 15) is 30.0 Å². The van der Waals surface area contributed by atoms with Gasteiger partial charge in [0.1, 0.15) is 0 Å². The lowest BCUT2D eigenvalue weighted by atomic mass is 10.1. The van der Waals surface area contributed by atoms with Crippen LogP contribution in [0.2, 0.25) is 0 Å². The second kappa shape index (κ2) is 52.8. The molecule has 0 amide bonds. The molecule has 0 aromatic heterocycles. The van der Waals surface area contributed by atoms with Crippen molar-refractivity contribution >= 4 is 33.8 Å². The van der Waals surface area contributed by atoms with Gasteiger partial charge in [-0.1, -0.05) is 200 Å². The standard InChI is InChI=1S/C60H102N2O6S2/c1-5-9-13-17-21-25-29-33-37-41-55(63)51-61(52-56(64)42-38-34-30-26-22-18-14-10-6-2)47-49-69-59(67)45-46-60(68)70-50-48-62(53-57(65)43-39-35-31-27-23-19-15-11-7-3)54-58(66)44-40-36-32-28-24-20-16-12-8-4/h21-28,33-40,45-46,55-58,63-66H,5-20,29-32,41-44,47-54H2,1-4H3/b25-21-,26-22-,27-23-,28-24-,37-33-,38-34-,39-35-,40-36-,46-45-. The molecule has 0 aromatic rings. The van der Waals surface area contributed by atoms with E-state index in [0.717, 1.165) is 74.9 Å². The fourth-order valence-electron chi connectivity index (χ4n) is 7.40. The topological polar surface area (TPSA) is 122 Å². The molecule has 0 aliphatic carbocycles. The number of hydrogen-bond donors (Lipinski definition) is 4. The number of nitrogens with zero attached hydrogens (tertiary/aromatic N) is 2. The smallest absolute Gasteiger partial charge is 0.212 e. The largest absolute Gasteiger partial charge is 0.391 e. The molecule has 0 radical (unpaired) electrons. The van der Waals surface area contributed by atoms with E-state index in [2.05, 4.69) is 101 Å². The monoisotopic (exact) mass is 1010 g/mol. The van der Waals surface area contributed by atoms with Crippen molar-refractivity contribution in [2.24, 2.45) is 0 Å². The molecular formula is C60H102N2O6S2. The van der Waals surface area contributed by atoms with E-state index in [-0.39, 0.29) is 10.2 Å². The van der Waals surface area contributed by atoms with Gasteiger partial charge in [0.05, 0.1) is 24.4 Å². The summed E-state index contributed by atoms with van der Waals surface area (Å²) in [5.41, 5.74) is 0. The maximum Gasteiger partial charge on any atom is 0.212 e. The molecule has 0 bridgehead atoms. The van der Waals surface area contributed by atoms with E-state index >= 15 is 0 Å². The van der Waals surface area contributed by atoms with Gasteiger partial charge in [0.15, 0.2) is 0 Å². The number of aliphatic hydroxyl groups excluding tert-OH is 4. The average molecular weight is 1010 g/mol. The molecule has 0 heterocycles. The molecule has 0 spiro atoms. The van der Waals surface area contributed by atoms with E-state index < -0.39 is 24.4 Å². The van der Waals surface area contributed by atoms with Gasteiger partial charge in [-0.25, -0.2) is 0 Å². The highest BCUT2D eigenvalue weighted by Crippen LogP contribution is 2.13. The first-order chi connectivity index (χ1) is 34.1. The number of allylic oxidation sites excluding steroid dienone is 12. The van der Waals surface area contributed by atoms with Gasteiger partial charge in [0.25, 0.3) is 0 Å². The van der Waals surface area contributed by atoms with Crippen LogP contribution in [0, 0.1) is 0 Å². The predicted molar refractivity (Wildman–Crippen MR) is 308 cm³/mol. The number of carbonyl (C=O) groups is 2. The van der Waals surface area contributed by atoms with Crippen molar-refractivity contribution < 1.29 is 30.0 Å². The molecule has 0 fully saturated rings. The molecular weight excluding hydrogens is 909 g/mol. The Morgan fingerprint density at radius 2 is 0.614 bits per heavy atom. The highest BCUT2D eigenvalue weighted by atomic mass is 32.2. The lowest BCUT2D eigenvalue weighted by molar-refractivity contribution is -0.109. The Morgan fingerprint density at radius 1 is 0.371 bits per heavy atom. The van der Waals surface area contributed by atoms with E-state index in [1.54, 1.807) is 0 Å². The van der Waals surface area contributed by atoms with Crippen LogP contribution in [-0.2, 0) is 9.59 Å². The fraction of sp³-hybridized carbons (Fsp3) is 0.667. The van der Waals surface area contributed by atoms with Crippen LogP contribution in [0.1, 0.15) is 182 Å². The van der Waals surface area contributed by atoms with Crippen molar-refractivity contribution in [3.05, 3.63) is 109 Å². The lowest BCUT2D eigenvalue weighted by Gasteiger charge is -2.26. The summed E-state index contributed by atoms with van der Waals surface area (Å²) in [6, 6.07) is 0. The van der Waals surface area contributed by atoms with Crippen LogP contribution in [0.15, 0.2) is 109 Å². The molecule has 8 nitrogen and oxygen atoms in total. The fourth-order valence-corrected chi connectivity index (χ4v) is 8.83. The van der Waals surface area contributed by atoms with Crippen molar-refractivity contribution in [3.63, 3.8) is 0 Å². The number of carbonyl (C=O) groups excluding carboxylic acids is 2. The summed E-state index contributed by atoms with van der Waals surface area (Å²) in [7, 11) is 0. The minimum atomic E-state index is -0.605. The molecule has 70 heavy (non-hydrogen) atoms. The van der Waals surface area contributed by atoms with Crippen molar-refractivity contribution in [1.82, 2.24) is 9.80 Å². The first-order valence-electron chi connectivity index (χ1n) is 27.5. The Balaban J connectivity index is 5.28. The third-order valence-electron chi connectivity index (χ3n) is 11.5. The number of unbranched alkanes of at least 4 members (excludes halogenated alkanes) is 12. The molecule has 0 rings (SSSR count).